The van der Waals surface area contributed by atoms with E-state index in [1.807, 2.05) is 12.1 Å². The number of hydrogen-bond acceptors (Lipinski definition) is 3. The molecule has 1 fully saturated rings. The van der Waals surface area contributed by atoms with Crippen LogP contribution in [0.25, 0.3) is 0 Å². The Morgan fingerprint density at radius 3 is 2.35 bits per heavy atom. The van der Waals surface area contributed by atoms with Crippen LogP contribution in [0.1, 0.15) is 46.1 Å². The van der Waals surface area contributed by atoms with Gasteiger partial charge in [-0.1, -0.05) is 26.0 Å². The molecule has 1 aromatic rings. The molecule has 4 nitrogen and oxygen atoms in total. The van der Waals surface area contributed by atoms with Gasteiger partial charge >= 0.3 is 0 Å². The van der Waals surface area contributed by atoms with Crippen LogP contribution in [0.15, 0.2) is 24.3 Å². The summed E-state index contributed by atoms with van der Waals surface area (Å²) in [5, 5.41) is 2.90. The molecule has 128 valence electrons. The van der Waals surface area contributed by atoms with Crippen molar-refractivity contribution in [2.24, 2.45) is 0 Å². The topological polar surface area (TPSA) is 41.6 Å². The summed E-state index contributed by atoms with van der Waals surface area (Å²) in [7, 11) is 1.69. The average Bonchev–Trinajstić information content (AvgIpc) is 2.53. The first-order valence-electron chi connectivity index (χ1n) is 8.41. The van der Waals surface area contributed by atoms with E-state index in [-0.39, 0.29) is 16.9 Å². The van der Waals surface area contributed by atoms with Crippen LogP contribution in [0.3, 0.4) is 0 Å². The molecule has 23 heavy (non-hydrogen) atoms. The van der Waals surface area contributed by atoms with Gasteiger partial charge in [0.2, 0.25) is 5.91 Å². The van der Waals surface area contributed by atoms with E-state index in [1.165, 1.54) is 5.56 Å². The van der Waals surface area contributed by atoms with Gasteiger partial charge < -0.3 is 10.1 Å². The van der Waals surface area contributed by atoms with Gasteiger partial charge in [-0.2, -0.15) is 0 Å². The second-order valence-corrected chi connectivity index (χ2v) is 7.70. The van der Waals surface area contributed by atoms with Crippen molar-refractivity contribution in [3.8, 4) is 5.75 Å². The minimum Gasteiger partial charge on any atom is -0.497 e. The van der Waals surface area contributed by atoms with Crippen LogP contribution in [-0.2, 0) is 10.2 Å². The zero-order valence-corrected chi connectivity index (χ0v) is 15.1. The third-order valence-electron chi connectivity index (χ3n) is 5.13. The number of benzene rings is 1. The number of nitrogens with zero attached hydrogens (tertiary/aromatic N) is 1. The third kappa shape index (κ3) is 4.47. The molecule has 0 unspecified atom stereocenters. The van der Waals surface area contributed by atoms with Crippen molar-refractivity contribution in [1.29, 1.82) is 0 Å². The van der Waals surface area contributed by atoms with Crippen LogP contribution in [0.5, 0.6) is 5.75 Å². The fourth-order valence-electron chi connectivity index (χ4n) is 3.12. The maximum Gasteiger partial charge on any atom is 0.234 e. The molecule has 2 rings (SSSR count). The number of methoxy groups -OCH3 is 1. The van der Waals surface area contributed by atoms with E-state index in [4.69, 9.17) is 4.74 Å². The highest BCUT2D eigenvalue weighted by Gasteiger charge is 2.32. The van der Waals surface area contributed by atoms with E-state index in [2.05, 4.69) is 50.0 Å². The molecule has 0 saturated carbocycles. The molecule has 1 heterocycles. The van der Waals surface area contributed by atoms with Gasteiger partial charge in [-0.25, -0.2) is 0 Å². The van der Waals surface area contributed by atoms with E-state index >= 15 is 0 Å². The Hall–Kier alpha value is -1.55. The Morgan fingerprint density at radius 2 is 1.78 bits per heavy atom. The first kappa shape index (κ1) is 17.8. The number of carbonyl (C=O) groups is 1. The lowest BCUT2D eigenvalue weighted by molar-refractivity contribution is -0.126. The summed E-state index contributed by atoms with van der Waals surface area (Å²) in [6, 6.07) is 8.36. The minimum atomic E-state index is 0.0293. The maximum atomic E-state index is 11.6. The predicted molar refractivity (Wildman–Crippen MR) is 93.9 cm³/mol. The maximum absolute atomic E-state index is 11.6. The van der Waals surface area contributed by atoms with Crippen molar-refractivity contribution in [2.45, 2.75) is 51.5 Å². The van der Waals surface area contributed by atoms with Gasteiger partial charge in [-0.05, 0) is 49.8 Å². The van der Waals surface area contributed by atoms with E-state index in [9.17, 15) is 4.79 Å². The highest BCUT2D eigenvalue weighted by atomic mass is 16.5. The summed E-state index contributed by atoms with van der Waals surface area (Å²) in [6.45, 7) is 11.3. The Bertz CT molecular complexity index is 535. The van der Waals surface area contributed by atoms with Crippen molar-refractivity contribution in [3.63, 3.8) is 0 Å². The van der Waals surface area contributed by atoms with Crippen molar-refractivity contribution in [3.05, 3.63) is 29.8 Å². The smallest absolute Gasteiger partial charge is 0.234 e. The standard InChI is InChI=1S/C19H30N2O2/c1-18(2,15-6-8-16(23-5)9-7-15)10-11-19(3,4)21-13-12-20-17(22)14-21/h6-9H,10-14H2,1-5H3,(H,20,22). The van der Waals surface area contributed by atoms with E-state index in [1.54, 1.807) is 7.11 Å². The van der Waals surface area contributed by atoms with Crippen molar-refractivity contribution < 1.29 is 9.53 Å². The second kappa shape index (κ2) is 6.91. The second-order valence-electron chi connectivity index (χ2n) is 7.70. The van der Waals surface area contributed by atoms with E-state index < -0.39 is 0 Å². The number of piperazine rings is 1. The molecule has 1 aromatic carbocycles. The summed E-state index contributed by atoms with van der Waals surface area (Å²) in [5.41, 5.74) is 1.45. The van der Waals surface area contributed by atoms with Crippen LogP contribution >= 0.6 is 0 Å². The van der Waals surface area contributed by atoms with Gasteiger partial charge in [0.25, 0.3) is 0 Å². The lowest BCUT2D eigenvalue weighted by atomic mass is 9.77. The molecule has 0 radical (unpaired) electrons. The van der Waals surface area contributed by atoms with Crippen LogP contribution in [-0.4, -0.2) is 43.1 Å². The van der Waals surface area contributed by atoms with Crippen molar-refractivity contribution in [2.75, 3.05) is 26.7 Å². The van der Waals surface area contributed by atoms with Gasteiger partial charge in [0.05, 0.1) is 13.7 Å². The normalized spacial score (nSPS) is 17.0. The summed E-state index contributed by atoms with van der Waals surface area (Å²) >= 11 is 0. The summed E-state index contributed by atoms with van der Waals surface area (Å²) in [4.78, 5) is 13.9. The lowest BCUT2D eigenvalue weighted by Gasteiger charge is -2.42. The van der Waals surface area contributed by atoms with Gasteiger partial charge in [0, 0.05) is 18.6 Å². The fraction of sp³-hybridized carbons (Fsp3) is 0.632. The van der Waals surface area contributed by atoms with Crippen molar-refractivity contribution in [1.82, 2.24) is 10.2 Å². The Balaban J connectivity index is 2.00. The highest BCUT2D eigenvalue weighted by Crippen LogP contribution is 2.33. The number of carbonyl (C=O) groups excluding carboxylic acids is 1. The van der Waals surface area contributed by atoms with Gasteiger partial charge in [0.1, 0.15) is 5.75 Å². The van der Waals surface area contributed by atoms with Gasteiger partial charge in [-0.15, -0.1) is 0 Å². The van der Waals surface area contributed by atoms with Crippen LogP contribution < -0.4 is 10.1 Å². The number of hydrogen-bond donors (Lipinski definition) is 1. The molecular weight excluding hydrogens is 288 g/mol. The monoisotopic (exact) mass is 318 g/mol. The molecule has 1 saturated heterocycles. The van der Waals surface area contributed by atoms with Crippen LogP contribution in [0, 0.1) is 0 Å². The molecule has 1 amide bonds. The Kier molecular flexibility index (Phi) is 5.35. The zero-order valence-electron chi connectivity index (χ0n) is 15.1. The highest BCUT2D eigenvalue weighted by molar-refractivity contribution is 5.78. The molecular formula is C19H30N2O2. The SMILES string of the molecule is COc1ccc(C(C)(C)CCC(C)(C)N2CCNC(=O)C2)cc1. The summed E-state index contributed by atoms with van der Waals surface area (Å²) in [6.07, 6.45) is 2.13. The molecule has 0 aliphatic carbocycles. The quantitative estimate of drug-likeness (QED) is 0.877. The average molecular weight is 318 g/mol. The fourth-order valence-corrected chi connectivity index (χ4v) is 3.12. The van der Waals surface area contributed by atoms with Gasteiger partial charge in [0.15, 0.2) is 0 Å². The molecule has 0 bridgehead atoms. The number of ether oxygens (including phenoxy) is 1. The Labute approximate surface area is 140 Å². The number of nitrogens with one attached hydrogen (secondary N) is 1. The van der Waals surface area contributed by atoms with Crippen LogP contribution in [0.4, 0.5) is 0 Å². The molecule has 4 heteroatoms. The molecule has 1 aliphatic rings. The largest absolute Gasteiger partial charge is 0.497 e. The minimum absolute atomic E-state index is 0.0293. The van der Waals surface area contributed by atoms with Gasteiger partial charge in [-0.3, -0.25) is 9.69 Å². The van der Waals surface area contributed by atoms with E-state index in [0.717, 1.165) is 31.7 Å². The molecule has 1 aliphatic heterocycles. The Morgan fingerprint density at radius 1 is 1.13 bits per heavy atom. The third-order valence-corrected chi connectivity index (χ3v) is 5.13. The first-order chi connectivity index (χ1) is 10.7. The first-order valence-corrected chi connectivity index (χ1v) is 8.41. The zero-order chi connectivity index (χ0) is 17.1. The predicted octanol–water partition coefficient (Wildman–Crippen LogP) is 2.96. The lowest BCUT2D eigenvalue weighted by Crippen LogP contribution is -2.56. The van der Waals surface area contributed by atoms with E-state index in [0.29, 0.717) is 6.54 Å². The van der Waals surface area contributed by atoms with Crippen LogP contribution in [0.2, 0.25) is 0 Å². The summed E-state index contributed by atoms with van der Waals surface area (Å²) < 4.78 is 5.24. The molecule has 0 aromatic heterocycles. The molecule has 1 N–H and O–H groups in total. The molecule has 0 spiro atoms. The number of rotatable bonds is 6. The van der Waals surface area contributed by atoms with Crippen molar-refractivity contribution >= 4 is 5.91 Å². The summed E-state index contributed by atoms with van der Waals surface area (Å²) in [5.74, 6) is 1.03. The number of amides is 1. The molecule has 0 atom stereocenters.